The van der Waals surface area contributed by atoms with E-state index in [0.29, 0.717) is 23.0 Å². The molecular weight excluding hydrogens is 353 g/mol. The number of halogens is 2. The number of imidazole rings is 1. The summed E-state index contributed by atoms with van der Waals surface area (Å²) in [6.45, 7) is 1.24. The van der Waals surface area contributed by atoms with Crippen LogP contribution in [0.5, 0.6) is 0 Å². The highest BCUT2D eigenvalue weighted by Gasteiger charge is 2.25. The summed E-state index contributed by atoms with van der Waals surface area (Å²) in [4.78, 5) is 18.9. The first-order valence-corrected chi connectivity index (χ1v) is 9.05. The summed E-state index contributed by atoms with van der Waals surface area (Å²) in [5.41, 5.74) is 2.20. The Kier molecular flexibility index (Phi) is 4.41. The molecule has 3 aromatic rings. The zero-order chi connectivity index (χ0) is 18.3. The summed E-state index contributed by atoms with van der Waals surface area (Å²) in [7, 11) is 1.71. The van der Waals surface area contributed by atoms with Crippen molar-refractivity contribution in [3.05, 3.63) is 64.7 Å². The van der Waals surface area contributed by atoms with E-state index in [0.717, 1.165) is 23.4 Å². The molecule has 1 aliphatic carbocycles. The fraction of sp³-hybridized carbons (Fsp3) is 0.300. The van der Waals surface area contributed by atoms with Crippen molar-refractivity contribution < 1.29 is 9.18 Å². The fourth-order valence-electron chi connectivity index (χ4n) is 3.15. The van der Waals surface area contributed by atoms with Crippen LogP contribution in [0, 0.1) is 11.7 Å². The Morgan fingerprint density at radius 3 is 2.85 bits per heavy atom. The van der Waals surface area contributed by atoms with Gasteiger partial charge in [-0.05, 0) is 55.2 Å². The number of carbonyl (C=O) groups excluding carboxylic acids is 1. The standard InChI is InChI=1S/C20H19ClFN3O/c1-24(20(26)14-3-2-4-16(22)9-14)12-19-23-17-8-7-15(21)10-18(17)25(19)11-13-5-6-13/h2-4,7-10,13H,5-6,11-12H2,1H3. The highest BCUT2D eigenvalue weighted by atomic mass is 35.5. The van der Waals surface area contributed by atoms with Crippen LogP contribution in [0.25, 0.3) is 11.0 Å². The van der Waals surface area contributed by atoms with Gasteiger partial charge in [0.05, 0.1) is 17.6 Å². The molecule has 0 bridgehead atoms. The molecule has 0 aliphatic heterocycles. The van der Waals surface area contributed by atoms with Crippen LogP contribution in [0.4, 0.5) is 4.39 Å². The lowest BCUT2D eigenvalue weighted by Crippen LogP contribution is -2.28. The van der Waals surface area contributed by atoms with Crippen LogP contribution in [-0.2, 0) is 13.1 Å². The molecule has 4 nitrogen and oxygen atoms in total. The monoisotopic (exact) mass is 371 g/mol. The van der Waals surface area contributed by atoms with Crippen LogP contribution in [0.3, 0.4) is 0 Å². The van der Waals surface area contributed by atoms with E-state index in [2.05, 4.69) is 4.57 Å². The van der Waals surface area contributed by atoms with Crippen molar-refractivity contribution in [2.24, 2.45) is 5.92 Å². The summed E-state index contributed by atoms with van der Waals surface area (Å²) in [6, 6.07) is 11.4. The zero-order valence-corrected chi connectivity index (χ0v) is 15.2. The molecule has 1 aliphatic rings. The van der Waals surface area contributed by atoms with Crippen molar-refractivity contribution in [1.29, 1.82) is 0 Å². The number of amides is 1. The Bertz CT molecular complexity index is 980. The van der Waals surface area contributed by atoms with E-state index in [-0.39, 0.29) is 5.91 Å². The van der Waals surface area contributed by atoms with Gasteiger partial charge in [-0.25, -0.2) is 9.37 Å². The second-order valence-corrected chi connectivity index (χ2v) is 7.32. The van der Waals surface area contributed by atoms with E-state index >= 15 is 0 Å². The van der Waals surface area contributed by atoms with E-state index in [1.807, 2.05) is 18.2 Å². The minimum atomic E-state index is -0.417. The number of benzene rings is 2. The summed E-state index contributed by atoms with van der Waals surface area (Å²) < 4.78 is 15.6. The topological polar surface area (TPSA) is 38.1 Å². The van der Waals surface area contributed by atoms with E-state index < -0.39 is 5.82 Å². The molecule has 26 heavy (non-hydrogen) atoms. The van der Waals surface area contributed by atoms with E-state index in [1.54, 1.807) is 24.1 Å². The Morgan fingerprint density at radius 2 is 2.12 bits per heavy atom. The minimum absolute atomic E-state index is 0.229. The highest BCUT2D eigenvalue weighted by molar-refractivity contribution is 6.31. The molecule has 0 radical (unpaired) electrons. The van der Waals surface area contributed by atoms with Gasteiger partial charge in [0.1, 0.15) is 11.6 Å². The van der Waals surface area contributed by atoms with E-state index in [4.69, 9.17) is 16.6 Å². The molecule has 0 atom stereocenters. The van der Waals surface area contributed by atoms with Crippen LogP contribution in [0.1, 0.15) is 29.0 Å². The third kappa shape index (κ3) is 3.44. The van der Waals surface area contributed by atoms with Crippen LogP contribution < -0.4 is 0 Å². The molecule has 6 heteroatoms. The summed E-state index contributed by atoms with van der Waals surface area (Å²) in [5.74, 6) is 0.836. The maximum absolute atomic E-state index is 13.4. The number of rotatable bonds is 5. The van der Waals surface area contributed by atoms with Crippen LogP contribution in [-0.4, -0.2) is 27.4 Å². The van der Waals surface area contributed by atoms with E-state index in [1.165, 1.54) is 25.0 Å². The van der Waals surface area contributed by atoms with Gasteiger partial charge in [-0.15, -0.1) is 0 Å². The molecule has 0 spiro atoms. The number of aromatic nitrogens is 2. The van der Waals surface area contributed by atoms with Gasteiger partial charge in [0.2, 0.25) is 0 Å². The molecule has 1 aromatic heterocycles. The van der Waals surface area contributed by atoms with Crippen molar-refractivity contribution >= 4 is 28.5 Å². The van der Waals surface area contributed by atoms with Crippen molar-refractivity contribution in [3.8, 4) is 0 Å². The normalized spacial score (nSPS) is 14.0. The maximum Gasteiger partial charge on any atom is 0.254 e. The lowest BCUT2D eigenvalue weighted by Gasteiger charge is -2.18. The first-order valence-electron chi connectivity index (χ1n) is 8.67. The number of carbonyl (C=O) groups is 1. The van der Waals surface area contributed by atoms with Gasteiger partial charge < -0.3 is 9.47 Å². The van der Waals surface area contributed by atoms with E-state index in [9.17, 15) is 9.18 Å². The highest BCUT2D eigenvalue weighted by Crippen LogP contribution is 2.33. The van der Waals surface area contributed by atoms with Crippen molar-refractivity contribution in [2.45, 2.75) is 25.9 Å². The molecule has 134 valence electrons. The second kappa shape index (κ2) is 6.72. The second-order valence-electron chi connectivity index (χ2n) is 6.89. The van der Waals surface area contributed by atoms with Gasteiger partial charge in [0, 0.05) is 24.2 Å². The average molecular weight is 372 g/mol. The third-order valence-electron chi connectivity index (χ3n) is 4.72. The van der Waals surface area contributed by atoms with Crippen LogP contribution in [0.15, 0.2) is 42.5 Å². The van der Waals surface area contributed by atoms with Gasteiger partial charge in [0.15, 0.2) is 0 Å². The SMILES string of the molecule is CN(Cc1nc2ccc(Cl)cc2n1CC1CC1)C(=O)c1cccc(F)c1. The van der Waals surface area contributed by atoms with Gasteiger partial charge >= 0.3 is 0 Å². The van der Waals surface area contributed by atoms with Crippen LogP contribution in [0.2, 0.25) is 5.02 Å². The lowest BCUT2D eigenvalue weighted by atomic mass is 10.2. The molecule has 4 rings (SSSR count). The smallest absolute Gasteiger partial charge is 0.254 e. The number of nitrogens with zero attached hydrogens (tertiary/aromatic N) is 3. The number of fused-ring (bicyclic) bond motifs is 1. The van der Waals surface area contributed by atoms with Gasteiger partial charge in [-0.1, -0.05) is 17.7 Å². The molecule has 0 N–H and O–H groups in total. The van der Waals surface area contributed by atoms with Crippen molar-refractivity contribution in [2.75, 3.05) is 7.05 Å². The molecule has 0 unspecified atom stereocenters. The van der Waals surface area contributed by atoms with Crippen LogP contribution >= 0.6 is 11.6 Å². The summed E-state index contributed by atoms with van der Waals surface area (Å²) >= 11 is 6.16. The zero-order valence-electron chi connectivity index (χ0n) is 14.5. The maximum atomic E-state index is 13.4. The Labute approximate surface area is 156 Å². The molecular formula is C20H19ClFN3O. The number of hydrogen-bond donors (Lipinski definition) is 0. The van der Waals surface area contributed by atoms with Crippen molar-refractivity contribution in [3.63, 3.8) is 0 Å². The summed E-state index contributed by atoms with van der Waals surface area (Å²) in [5, 5.41) is 0.671. The third-order valence-corrected chi connectivity index (χ3v) is 4.96. The number of hydrogen-bond acceptors (Lipinski definition) is 2. The fourth-order valence-corrected chi connectivity index (χ4v) is 3.32. The predicted molar refractivity (Wildman–Crippen MR) is 99.7 cm³/mol. The quantitative estimate of drug-likeness (QED) is 0.661. The summed E-state index contributed by atoms with van der Waals surface area (Å²) in [6.07, 6.45) is 2.44. The molecule has 0 saturated heterocycles. The lowest BCUT2D eigenvalue weighted by molar-refractivity contribution is 0.0779. The molecule has 1 saturated carbocycles. The largest absolute Gasteiger partial charge is 0.334 e. The molecule has 1 amide bonds. The molecule has 1 heterocycles. The molecule has 1 fully saturated rings. The Hall–Kier alpha value is -2.40. The Morgan fingerprint density at radius 1 is 1.31 bits per heavy atom. The van der Waals surface area contributed by atoms with Gasteiger partial charge in [-0.3, -0.25) is 4.79 Å². The first kappa shape index (κ1) is 17.0. The molecule has 2 aromatic carbocycles. The average Bonchev–Trinajstić information content (AvgIpc) is 3.38. The Balaban J connectivity index is 1.64. The van der Waals surface area contributed by atoms with Gasteiger partial charge in [-0.2, -0.15) is 0 Å². The minimum Gasteiger partial charge on any atom is -0.334 e. The van der Waals surface area contributed by atoms with Crippen molar-refractivity contribution in [1.82, 2.24) is 14.5 Å². The first-order chi connectivity index (χ1) is 12.5. The predicted octanol–water partition coefficient (Wildman–Crippen LogP) is 4.51. The van der Waals surface area contributed by atoms with Gasteiger partial charge in [0.25, 0.3) is 5.91 Å².